The zero-order valence-corrected chi connectivity index (χ0v) is 13.8. The van der Waals surface area contributed by atoms with Crippen molar-refractivity contribution < 1.29 is 14.6 Å². The van der Waals surface area contributed by atoms with E-state index in [1.54, 1.807) is 19.1 Å². The molecule has 5 heteroatoms. The molecule has 0 aliphatic rings. The first-order valence-electron chi connectivity index (χ1n) is 7.52. The minimum absolute atomic E-state index is 0.106. The van der Waals surface area contributed by atoms with Gasteiger partial charge in [-0.15, -0.1) is 0 Å². The second-order valence-electron chi connectivity index (χ2n) is 4.98. The van der Waals surface area contributed by atoms with E-state index in [9.17, 15) is 4.79 Å². The number of ether oxygens (including phenoxy) is 1. The number of rotatable bonds is 6. The standard InChI is InChI=1S/C12H15NO.C5H11NO2/c1-3-11(4-2)14-12-7-5-10(9-13)6-8-12;1-4(7)3-6-5(2)8/h5-8,11H,3-4H2,1-2H3;4,7H,3H2,1-2H3,(H,6,8). The van der Waals surface area contributed by atoms with Crippen molar-refractivity contribution in [2.24, 2.45) is 0 Å². The lowest BCUT2D eigenvalue weighted by Gasteiger charge is -2.15. The first-order valence-corrected chi connectivity index (χ1v) is 7.52. The van der Waals surface area contributed by atoms with Crippen molar-refractivity contribution in [2.75, 3.05) is 6.54 Å². The van der Waals surface area contributed by atoms with Crippen LogP contribution in [0.2, 0.25) is 0 Å². The predicted molar refractivity (Wildman–Crippen MR) is 86.5 cm³/mol. The van der Waals surface area contributed by atoms with Crippen LogP contribution in [0, 0.1) is 11.3 Å². The molecule has 0 aromatic heterocycles. The molecule has 0 saturated carbocycles. The minimum atomic E-state index is -0.445. The summed E-state index contributed by atoms with van der Waals surface area (Å²) in [6.07, 6.45) is 1.86. The Bertz CT molecular complexity index is 460. The van der Waals surface area contributed by atoms with Crippen molar-refractivity contribution in [1.29, 1.82) is 5.26 Å². The summed E-state index contributed by atoms with van der Waals surface area (Å²) in [7, 11) is 0. The van der Waals surface area contributed by atoms with E-state index in [2.05, 4.69) is 25.2 Å². The summed E-state index contributed by atoms with van der Waals surface area (Å²) in [4.78, 5) is 10.1. The maximum absolute atomic E-state index is 10.1. The zero-order valence-electron chi connectivity index (χ0n) is 13.8. The molecule has 0 radical (unpaired) electrons. The SMILES string of the molecule is CC(=O)NCC(C)O.CCC(CC)Oc1ccc(C#N)cc1. The number of carbonyl (C=O) groups excluding carboxylic acids is 1. The Kier molecular flexibility index (Phi) is 10.5. The molecule has 1 aromatic rings. The van der Waals surface area contributed by atoms with Crippen LogP contribution in [0.25, 0.3) is 0 Å². The van der Waals surface area contributed by atoms with Gasteiger partial charge in [-0.25, -0.2) is 0 Å². The monoisotopic (exact) mass is 306 g/mol. The minimum Gasteiger partial charge on any atom is -0.490 e. The van der Waals surface area contributed by atoms with E-state index in [0.29, 0.717) is 12.1 Å². The third-order valence-corrected chi connectivity index (χ3v) is 2.84. The fourth-order valence-corrected chi connectivity index (χ4v) is 1.55. The number of aliphatic hydroxyl groups is 1. The highest BCUT2D eigenvalue weighted by molar-refractivity contribution is 5.72. The molecule has 1 atom stereocenters. The molecule has 5 nitrogen and oxygen atoms in total. The lowest BCUT2D eigenvalue weighted by molar-refractivity contribution is -0.119. The summed E-state index contributed by atoms with van der Waals surface area (Å²) in [5.41, 5.74) is 0.668. The van der Waals surface area contributed by atoms with E-state index in [-0.39, 0.29) is 12.0 Å². The highest BCUT2D eigenvalue weighted by Gasteiger charge is 2.04. The molecule has 1 aromatic carbocycles. The zero-order chi connectivity index (χ0) is 17.0. The maximum atomic E-state index is 10.1. The van der Waals surface area contributed by atoms with Gasteiger partial charge in [-0.1, -0.05) is 13.8 Å². The van der Waals surface area contributed by atoms with Crippen molar-refractivity contribution in [2.45, 2.75) is 52.7 Å². The van der Waals surface area contributed by atoms with Crippen molar-refractivity contribution in [1.82, 2.24) is 5.32 Å². The Morgan fingerprint density at radius 2 is 1.86 bits per heavy atom. The van der Waals surface area contributed by atoms with Crippen LogP contribution in [-0.2, 0) is 4.79 Å². The molecule has 0 fully saturated rings. The van der Waals surface area contributed by atoms with Gasteiger partial charge in [0.2, 0.25) is 5.91 Å². The Labute approximate surface area is 132 Å². The number of nitrogens with zero attached hydrogens (tertiary/aromatic N) is 1. The fourth-order valence-electron chi connectivity index (χ4n) is 1.55. The second-order valence-corrected chi connectivity index (χ2v) is 4.98. The van der Waals surface area contributed by atoms with Crippen LogP contribution in [0.3, 0.4) is 0 Å². The smallest absolute Gasteiger partial charge is 0.216 e. The van der Waals surface area contributed by atoms with Gasteiger partial charge in [0.05, 0.1) is 23.8 Å². The van der Waals surface area contributed by atoms with E-state index >= 15 is 0 Å². The van der Waals surface area contributed by atoms with Crippen molar-refractivity contribution in [3.63, 3.8) is 0 Å². The summed E-state index contributed by atoms with van der Waals surface area (Å²) >= 11 is 0. The number of benzene rings is 1. The molecular weight excluding hydrogens is 280 g/mol. The number of nitriles is 1. The number of nitrogens with one attached hydrogen (secondary N) is 1. The molecule has 0 aliphatic carbocycles. The van der Waals surface area contributed by atoms with E-state index in [1.807, 2.05) is 12.1 Å². The van der Waals surface area contributed by atoms with Gasteiger partial charge >= 0.3 is 0 Å². The van der Waals surface area contributed by atoms with Crippen molar-refractivity contribution in [3.05, 3.63) is 29.8 Å². The summed E-state index contributed by atoms with van der Waals surface area (Å²) < 4.78 is 5.70. The van der Waals surface area contributed by atoms with Crippen LogP contribution in [-0.4, -0.2) is 29.8 Å². The number of hydrogen-bond acceptors (Lipinski definition) is 4. The molecule has 1 amide bonds. The fraction of sp³-hybridized carbons (Fsp3) is 0.529. The van der Waals surface area contributed by atoms with Crippen LogP contribution >= 0.6 is 0 Å². The van der Waals surface area contributed by atoms with Crippen LogP contribution in [0.15, 0.2) is 24.3 Å². The molecule has 1 rings (SSSR count). The molecule has 0 spiro atoms. The van der Waals surface area contributed by atoms with Gasteiger partial charge < -0.3 is 15.2 Å². The summed E-state index contributed by atoms with van der Waals surface area (Å²) in [5, 5.41) is 19.7. The van der Waals surface area contributed by atoms with Crippen LogP contribution in [0.5, 0.6) is 5.75 Å². The van der Waals surface area contributed by atoms with Crippen molar-refractivity contribution >= 4 is 5.91 Å². The number of amides is 1. The molecule has 22 heavy (non-hydrogen) atoms. The van der Waals surface area contributed by atoms with Gasteiger partial charge in [0, 0.05) is 13.5 Å². The topological polar surface area (TPSA) is 82.3 Å². The molecule has 0 saturated heterocycles. The Morgan fingerprint density at radius 3 is 2.18 bits per heavy atom. The number of aliphatic hydroxyl groups excluding tert-OH is 1. The average molecular weight is 306 g/mol. The van der Waals surface area contributed by atoms with Gasteiger partial charge in [-0.2, -0.15) is 5.26 Å². The Morgan fingerprint density at radius 1 is 1.32 bits per heavy atom. The lowest BCUT2D eigenvalue weighted by Crippen LogP contribution is -2.28. The third-order valence-electron chi connectivity index (χ3n) is 2.84. The molecule has 1 unspecified atom stereocenters. The largest absolute Gasteiger partial charge is 0.490 e. The third kappa shape index (κ3) is 9.78. The van der Waals surface area contributed by atoms with Gasteiger partial charge in [0.15, 0.2) is 0 Å². The normalized spacial score (nSPS) is 11.0. The Hall–Kier alpha value is -2.06. The summed E-state index contributed by atoms with van der Waals surface area (Å²) in [5.74, 6) is 0.739. The molecule has 122 valence electrons. The first kappa shape index (κ1) is 19.9. The van der Waals surface area contributed by atoms with E-state index < -0.39 is 6.10 Å². The summed E-state index contributed by atoms with van der Waals surface area (Å²) in [6.45, 7) is 7.60. The quantitative estimate of drug-likeness (QED) is 0.846. The van der Waals surface area contributed by atoms with E-state index in [4.69, 9.17) is 15.1 Å². The molecule has 2 N–H and O–H groups in total. The lowest BCUT2D eigenvalue weighted by atomic mass is 10.2. The molecule has 0 bridgehead atoms. The van der Waals surface area contributed by atoms with Crippen LogP contribution in [0.4, 0.5) is 0 Å². The van der Waals surface area contributed by atoms with Crippen molar-refractivity contribution in [3.8, 4) is 11.8 Å². The maximum Gasteiger partial charge on any atom is 0.216 e. The average Bonchev–Trinajstić information content (AvgIpc) is 2.51. The van der Waals surface area contributed by atoms with Gasteiger partial charge in [0.25, 0.3) is 0 Å². The van der Waals surface area contributed by atoms with Gasteiger partial charge in [-0.05, 0) is 44.0 Å². The molecular formula is C17H26N2O3. The predicted octanol–water partition coefficient (Wildman–Crippen LogP) is 2.63. The van der Waals surface area contributed by atoms with E-state index in [0.717, 1.165) is 18.6 Å². The summed E-state index contributed by atoms with van der Waals surface area (Å²) in [6, 6.07) is 9.32. The first-order chi connectivity index (χ1) is 10.4. The van der Waals surface area contributed by atoms with Crippen LogP contribution < -0.4 is 10.1 Å². The Balaban J connectivity index is 0.000000472. The molecule has 0 heterocycles. The molecule has 0 aliphatic heterocycles. The van der Waals surface area contributed by atoms with E-state index in [1.165, 1.54) is 6.92 Å². The number of hydrogen-bond donors (Lipinski definition) is 2. The second kappa shape index (κ2) is 11.6. The highest BCUT2D eigenvalue weighted by Crippen LogP contribution is 2.15. The number of carbonyl (C=O) groups is 1. The highest BCUT2D eigenvalue weighted by atomic mass is 16.5. The van der Waals surface area contributed by atoms with Gasteiger partial charge in [0.1, 0.15) is 5.75 Å². The van der Waals surface area contributed by atoms with Gasteiger partial charge in [-0.3, -0.25) is 4.79 Å². The van der Waals surface area contributed by atoms with Crippen LogP contribution in [0.1, 0.15) is 46.1 Å².